The highest BCUT2D eigenvalue weighted by atomic mass is 16.3. The fourth-order valence-corrected chi connectivity index (χ4v) is 4.61. The third-order valence-corrected chi connectivity index (χ3v) is 6.25. The molecule has 1 saturated carbocycles. The zero-order valence-electron chi connectivity index (χ0n) is 16.4. The van der Waals surface area contributed by atoms with Gasteiger partial charge in [-0.05, 0) is 68.1 Å². The van der Waals surface area contributed by atoms with E-state index in [9.17, 15) is 9.90 Å². The summed E-state index contributed by atoms with van der Waals surface area (Å²) in [5, 5.41) is 13.9. The first kappa shape index (κ1) is 19.2. The Kier molecular flexibility index (Phi) is 6.23. The van der Waals surface area contributed by atoms with E-state index >= 15 is 0 Å². The minimum Gasteiger partial charge on any atom is -0.388 e. The molecule has 4 heteroatoms. The van der Waals surface area contributed by atoms with Crippen molar-refractivity contribution in [3.8, 4) is 0 Å². The summed E-state index contributed by atoms with van der Waals surface area (Å²) in [5.74, 6) is 0.298. The molecular weight excluding hydrogens is 324 g/mol. The van der Waals surface area contributed by atoms with Gasteiger partial charge in [-0.3, -0.25) is 0 Å². The molecule has 0 aromatic heterocycles. The Labute approximate surface area is 158 Å². The Morgan fingerprint density at radius 3 is 2.58 bits per heavy atom. The van der Waals surface area contributed by atoms with Crippen LogP contribution < -0.4 is 5.32 Å². The van der Waals surface area contributed by atoms with Crippen molar-refractivity contribution in [3.05, 3.63) is 34.9 Å². The van der Waals surface area contributed by atoms with E-state index in [0.717, 1.165) is 24.8 Å². The fourth-order valence-electron chi connectivity index (χ4n) is 4.61. The Morgan fingerprint density at radius 2 is 1.85 bits per heavy atom. The van der Waals surface area contributed by atoms with Crippen LogP contribution in [0.4, 0.5) is 4.79 Å². The van der Waals surface area contributed by atoms with Crippen molar-refractivity contribution in [2.45, 2.75) is 76.9 Å². The number of hydrogen-bond acceptors (Lipinski definition) is 2. The SMILES string of the molecule is CN(CC(C)(O)C1CCCCC1)C(=O)NCc1ccc2c(c1)CCCC2. The predicted octanol–water partition coefficient (Wildman–Crippen LogP) is 4.04. The van der Waals surface area contributed by atoms with Crippen LogP contribution in [-0.4, -0.2) is 35.2 Å². The summed E-state index contributed by atoms with van der Waals surface area (Å²) in [6.07, 6.45) is 10.7. The van der Waals surface area contributed by atoms with Crippen LogP contribution in [0.15, 0.2) is 18.2 Å². The molecule has 2 aliphatic carbocycles. The highest BCUT2D eigenvalue weighted by molar-refractivity contribution is 5.73. The first-order valence-electron chi connectivity index (χ1n) is 10.3. The first-order chi connectivity index (χ1) is 12.5. The summed E-state index contributed by atoms with van der Waals surface area (Å²) >= 11 is 0. The molecule has 0 aliphatic heterocycles. The number of carbonyl (C=O) groups is 1. The molecule has 1 fully saturated rings. The fraction of sp³-hybridized carbons (Fsp3) is 0.682. The quantitative estimate of drug-likeness (QED) is 0.835. The number of likely N-dealkylation sites (N-methyl/N-ethyl adjacent to an activating group) is 1. The molecule has 1 aromatic carbocycles. The summed E-state index contributed by atoms with van der Waals surface area (Å²) in [5.41, 5.74) is 3.26. The number of nitrogens with one attached hydrogen (secondary N) is 1. The number of nitrogens with zero attached hydrogens (tertiary/aromatic N) is 1. The van der Waals surface area contributed by atoms with E-state index in [1.54, 1.807) is 11.9 Å². The summed E-state index contributed by atoms with van der Waals surface area (Å²) in [6.45, 7) is 2.81. The van der Waals surface area contributed by atoms with Gasteiger partial charge in [-0.1, -0.05) is 37.5 Å². The minimum absolute atomic E-state index is 0.112. The molecular formula is C22H34N2O2. The molecule has 0 saturated heterocycles. The van der Waals surface area contributed by atoms with Gasteiger partial charge in [-0.2, -0.15) is 0 Å². The molecule has 1 atom stereocenters. The van der Waals surface area contributed by atoms with Crippen molar-refractivity contribution in [2.24, 2.45) is 5.92 Å². The lowest BCUT2D eigenvalue weighted by Gasteiger charge is -2.38. The largest absolute Gasteiger partial charge is 0.388 e. The second-order valence-corrected chi connectivity index (χ2v) is 8.52. The number of urea groups is 1. The Bertz CT molecular complexity index is 621. The summed E-state index contributed by atoms with van der Waals surface area (Å²) < 4.78 is 0. The number of aryl methyl sites for hydroxylation is 2. The summed E-state index contributed by atoms with van der Waals surface area (Å²) in [6, 6.07) is 6.47. The third-order valence-electron chi connectivity index (χ3n) is 6.25. The van der Waals surface area contributed by atoms with Crippen molar-refractivity contribution in [1.82, 2.24) is 10.2 Å². The number of aliphatic hydroxyl groups is 1. The van der Waals surface area contributed by atoms with Crippen molar-refractivity contribution in [1.29, 1.82) is 0 Å². The maximum atomic E-state index is 12.5. The Hall–Kier alpha value is -1.55. The van der Waals surface area contributed by atoms with Crippen molar-refractivity contribution >= 4 is 6.03 Å². The number of benzene rings is 1. The molecule has 1 unspecified atom stereocenters. The van der Waals surface area contributed by atoms with Crippen LogP contribution in [0.5, 0.6) is 0 Å². The van der Waals surface area contributed by atoms with Gasteiger partial charge in [0.05, 0.1) is 12.1 Å². The first-order valence-corrected chi connectivity index (χ1v) is 10.3. The lowest BCUT2D eigenvalue weighted by Crippen LogP contribution is -2.49. The number of hydrogen-bond donors (Lipinski definition) is 2. The van der Waals surface area contributed by atoms with Crippen molar-refractivity contribution in [3.63, 3.8) is 0 Å². The Balaban J connectivity index is 1.51. The monoisotopic (exact) mass is 358 g/mol. The highest BCUT2D eigenvalue weighted by Gasteiger charge is 2.34. The van der Waals surface area contributed by atoms with Gasteiger partial charge in [0.25, 0.3) is 0 Å². The summed E-state index contributed by atoms with van der Waals surface area (Å²) in [7, 11) is 1.78. The van der Waals surface area contributed by atoms with Crippen LogP contribution in [0.3, 0.4) is 0 Å². The molecule has 144 valence electrons. The smallest absolute Gasteiger partial charge is 0.317 e. The third kappa shape index (κ3) is 4.79. The minimum atomic E-state index is -0.807. The lowest BCUT2D eigenvalue weighted by molar-refractivity contribution is -0.0315. The van der Waals surface area contributed by atoms with Crippen LogP contribution >= 0.6 is 0 Å². The maximum absolute atomic E-state index is 12.5. The van der Waals surface area contributed by atoms with Crippen molar-refractivity contribution < 1.29 is 9.90 Å². The van der Waals surface area contributed by atoms with Gasteiger partial charge >= 0.3 is 6.03 Å². The normalized spacial score (nSPS) is 20.1. The standard InChI is InChI=1S/C22H34N2O2/c1-22(26,20-10-4-3-5-11-20)16-24(2)21(25)23-15-17-12-13-18-8-6-7-9-19(18)14-17/h12-14,20,26H,3-11,15-16H2,1-2H3,(H,23,25). The van der Waals surface area contributed by atoms with Gasteiger partial charge in [0, 0.05) is 13.6 Å². The molecule has 2 aliphatic rings. The molecule has 0 spiro atoms. The number of amides is 2. The second-order valence-electron chi connectivity index (χ2n) is 8.52. The lowest BCUT2D eigenvalue weighted by atomic mass is 9.77. The van der Waals surface area contributed by atoms with E-state index in [-0.39, 0.29) is 6.03 Å². The second kappa shape index (κ2) is 8.43. The molecule has 2 N–H and O–H groups in total. The molecule has 0 bridgehead atoms. The zero-order chi connectivity index (χ0) is 18.6. The Morgan fingerprint density at radius 1 is 1.15 bits per heavy atom. The van der Waals surface area contributed by atoms with E-state index < -0.39 is 5.60 Å². The topological polar surface area (TPSA) is 52.6 Å². The van der Waals surface area contributed by atoms with Crippen LogP contribution in [-0.2, 0) is 19.4 Å². The number of fused-ring (bicyclic) bond motifs is 1. The van der Waals surface area contributed by atoms with Crippen LogP contribution in [0.2, 0.25) is 0 Å². The van der Waals surface area contributed by atoms with Crippen LogP contribution in [0.1, 0.15) is 68.6 Å². The molecule has 1 aromatic rings. The average Bonchev–Trinajstić information content (AvgIpc) is 2.66. The van der Waals surface area contributed by atoms with E-state index in [0.29, 0.717) is 19.0 Å². The summed E-state index contributed by atoms with van der Waals surface area (Å²) in [4.78, 5) is 14.1. The van der Waals surface area contributed by atoms with Gasteiger partial charge in [0.2, 0.25) is 0 Å². The van der Waals surface area contributed by atoms with Gasteiger partial charge in [0.15, 0.2) is 0 Å². The van der Waals surface area contributed by atoms with Gasteiger partial charge in [-0.15, -0.1) is 0 Å². The van der Waals surface area contributed by atoms with E-state index in [4.69, 9.17) is 0 Å². The van der Waals surface area contributed by atoms with Crippen LogP contribution in [0.25, 0.3) is 0 Å². The van der Waals surface area contributed by atoms with E-state index in [1.165, 1.54) is 49.7 Å². The molecule has 0 radical (unpaired) electrons. The van der Waals surface area contributed by atoms with Gasteiger partial charge in [-0.25, -0.2) is 4.79 Å². The molecule has 2 amide bonds. The highest BCUT2D eigenvalue weighted by Crippen LogP contribution is 2.33. The van der Waals surface area contributed by atoms with Gasteiger partial charge < -0.3 is 15.3 Å². The average molecular weight is 359 g/mol. The van der Waals surface area contributed by atoms with Crippen LogP contribution in [0, 0.1) is 5.92 Å². The molecule has 4 nitrogen and oxygen atoms in total. The number of rotatable bonds is 5. The number of carbonyl (C=O) groups excluding carboxylic acids is 1. The molecule has 0 heterocycles. The van der Waals surface area contributed by atoms with Gasteiger partial charge in [0.1, 0.15) is 0 Å². The maximum Gasteiger partial charge on any atom is 0.317 e. The van der Waals surface area contributed by atoms with Crippen molar-refractivity contribution in [2.75, 3.05) is 13.6 Å². The molecule has 3 rings (SSSR count). The van der Waals surface area contributed by atoms with E-state index in [2.05, 4.69) is 23.5 Å². The predicted molar refractivity (Wildman–Crippen MR) is 105 cm³/mol. The van der Waals surface area contributed by atoms with E-state index in [1.807, 2.05) is 6.92 Å². The zero-order valence-corrected chi connectivity index (χ0v) is 16.4. The molecule has 26 heavy (non-hydrogen) atoms.